The summed E-state index contributed by atoms with van der Waals surface area (Å²) in [5.41, 5.74) is -0.321. The van der Waals surface area contributed by atoms with Crippen molar-refractivity contribution in [1.29, 1.82) is 0 Å². The van der Waals surface area contributed by atoms with Crippen molar-refractivity contribution >= 4 is 11.8 Å². The predicted molar refractivity (Wildman–Crippen MR) is 56.5 cm³/mol. The van der Waals surface area contributed by atoms with Crippen LogP contribution in [-0.2, 0) is 19.1 Å². The van der Waals surface area contributed by atoms with Crippen molar-refractivity contribution in [3.8, 4) is 0 Å². The minimum Gasteiger partial charge on any atom is -0.454 e. The van der Waals surface area contributed by atoms with Crippen LogP contribution >= 0.6 is 0 Å². The highest BCUT2D eigenvalue weighted by Gasteiger charge is 2.17. The highest BCUT2D eigenvalue weighted by Crippen LogP contribution is 2.12. The highest BCUT2D eigenvalue weighted by molar-refractivity contribution is 5.86. The van der Waals surface area contributed by atoms with Crippen LogP contribution in [0.1, 0.15) is 27.2 Å². The summed E-state index contributed by atoms with van der Waals surface area (Å²) < 4.78 is 9.90. The second-order valence-electron chi connectivity index (χ2n) is 3.75. The molecule has 0 atom stereocenters. The quantitative estimate of drug-likeness (QED) is 0.476. The third-order valence-electron chi connectivity index (χ3n) is 2.02. The van der Waals surface area contributed by atoms with Crippen molar-refractivity contribution in [3.63, 3.8) is 0 Å². The molecule has 0 saturated heterocycles. The fraction of sp³-hybridized carbons (Fsp3) is 0.636. The molecule has 0 saturated carbocycles. The minimum absolute atomic E-state index is 0.0364. The molecule has 0 aromatic carbocycles. The molecule has 0 rings (SSSR count). The molecule has 0 spiro atoms. The van der Waals surface area contributed by atoms with Gasteiger partial charge in [0.1, 0.15) is 6.61 Å². The molecule has 4 nitrogen and oxygen atoms in total. The molecular formula is C11H18O4. The first-order valence-corrected chi connectivity index (χ1v) is 4.86. The van der Waals surface area contributed by atoms with Crippen LogP contribution in [0.3, 0.4) is 0 Å². The molecule has 0 amide bonds. The van der Waals surface area contributed by atoms with Gasteiger partial charge in [0, 0.05) is 6.08 Å². The van der Waals surface area contributed by atoms with Crippen LogP contribution in [-0.4, -0.2) is 30.6 Å². The van der Waals surface area contributed by atoms with Gasteiger partial charge >= 0.3 is 5.97 Å². The lowest BCUT2D eigenvalue weighted by Crippen LogP contribution is -2.28. The number of hydrogen-bond acceptors (Lipinski definition) is 4. The first kappa shape index (κ1) is 13.8. The second-order valence-corrected chi connectivity index (χ2v) is 3.75. The van der Waals surface area contributed by atoms with E-state index in [0.29, 0.717) is 0 Å². The van der Waals surface area contributed by atoms with E-state index in [9.17, 15) is 9.59 Å². The molecular weight excluding hydrogens is 196 g/mol. The summed E-state index contributed by atoms with van der Waals surface area (Å²) in [6.07, 6.45) is 1.83. The Hall–Kier alpha value is -1.16. The largest absolute Gasteiger partial charge is 0.454 e. The SMILES string of the molecule is C=CC(=O)OCC(=O)COC(C)(C)CC. The fourth-order valence-electron chi connectivity index (χ4n) is 0.630. The standard InChI is InChI=1S/C11H18O4/c1-5-10(13)14-7-9(12)8-15-11(3,4)6-2/h5H,1,6-8H2,2-4H3. The number of ketones is 1. The normalized spacial score (nSPS) is 10.9. The van der Waals surface area contributed by atoms with Gasteiger partial charge in [-0.05, 0) is 20.3 Å². The third kappa shape index (κ3) is 6.85. The number of hydrogen-bond donors (Lipinski definition) is 0. The van der Waals surface area contributed by atoms with Crippen LogP contribution in [0, 0.1) is 0 Å². The molecule has 0 aromatic heterocycles. The van der Waals surface area contributed by atoms with E-state index in [-0.39, 0.29) is 24.6 Å². The summed E-state index contributed by atoms with van der Waals surface area (Å²) in [5, 5.41) is 0. The topological polar surface area (TPSA) is 52.6 Å². The summed E-state index contributed by atoms with van der Waals surface area (Å²) in [5.74, 6) is -0.857. The van der Waals surface area contributed by atoms with Gasteiger partial charge in [0.15, 0.2) is 12.4 Å². The summed E-state index contributed by atoms with van der Waals surface area (Å²) >= 11 is 0. The lowest BCUT2D eigenvalue weighted by Gasteiger charge is -2.22. The minimum atomic E-state index is -0.599. The second kappa shape index (κ2) is 6.35. The van der Waals surface area contributed by atoms with E-state index in [1.54, 1.807) is 0 Å². The van der Waals surface area contributed by atoms with E-state index >= 15 is 0 Å². The molecule has 0 bridgehead atoms. The van der Waals surface area contributed by atoms with Crippen LogP contribution in [0.2, 0.25) is 0 Å². The highest BCUT2D eigenvalue weighted by atomic mass is 16.5. The summed E-state index contributed by atoms with van der Waals surface area (Å²) in [6, 6.07) is 0. The summed E-state index contributed by atoms with van der Waals surface area (Å²) in [6.45, 7) is 8.70. The zero-order chi connectivity index (χ0) is 11.9. The van der Waals surface area contributed by atoms with Gasteiger partial charge in [0.05, 0.1) is 5.60 Å². The summed E-state index contributed by atoms with van der Waals surface area (Å²) in [4.78, 5) is 21.8. The molecule has 86 valence electrons. The third-order valence-corrected chi connectivity index (χ3v) is 2.02. The maximum absolute atomic E-state index is 11.2. The van der Waals surface area contributed by atoms with Crippen molar-refractivity contribution < 1.29 is 19.1 Å². The maximum Gasteiger partial charge on any atom is 0.330 e. The number of Topliss-reactive ketones (excluding diaryl/α,β-unsaturated/α-hetero) is 1. The monoisotopic (exact) mass is 214 g/mol. The Morgan fingerprint density at radius 1 is 1.33 bits per heavy atom. The first-order valence-electron chi connectivity index (χ1n) is 4.86. The average Bonchev–Trinajstić information content (AvgIpc) is 2.23. The number of esters is 1. The molecule has 0 fully saturated rings. The first-order chi connectivity index (χ1) is 6.91. The van der Waals surface area contributed by atoms with Crippen LogP contribution < -0.4 is 0 Å². The van der Waals surface area contributed by atoms with Crippen molar-refractivity contribution in [2.75, 3.05) is 13.2 Å². The van der Waals surface area contributed by atoms with Crippen molar-refractivity contribution in [2.45, 2.75) is 32.8 Å². The Balaban J connectivity index is 3.76. The molecule has 15 heavy (non-hydrogen) atoms. The zero-order valence-electron chi connectivity index (χ0n) is 9.54. The van der Waals surface area contributed by atoms with E-state index in [1.165, 1.54) is 0 Å². The Morgan fingerprint density at radius 3 is 2.40 bits per heavy atom. The Labute approximate surface area is 90.2 Å². The van der Waals surface area contributed by atoms with Gasteiger partial charge in [-0.2, -0.15) is 0 Å². The zero-order valence-corrected chi connectivity index (χ0v) is 9.54. The van der Waals surface area contributed by atoms with Gasteiger partial charge in [-0.25, -0.2) is 4.79 Å². The number of carbonyl (C=O) groups excluding carboxylic acids is 2. The van der Waals surface area contributed by atoms with E-state index in [1.807, 2.05) is 20.8 Å². The Kier molecular flexibility index (Phi) is 5.86. The molecule has 0 aliphatic rings. The molecule has 0 aliphatic carbocycles. The summed E-state index contributed by atoms with van der Waals surface area (Å²) in [7, 11) is 0. The van der Waals surface area contributed by atoms with Gasteiger partial charge in [-0.3, -0.25) is 4.79 Å². The van der Waals surface area contributed by atoms with E-state index < -0.39 is 5.97 Å². The van der Waals surface area contributed by atoms with Gasteiger partial charge in [-0.1, -0.05) is 13.5 Å². The smallest absolute Gasteiger partial charge is 0.330 e. The van der Waals surface area contributed by atoms with Gasteiger partial charge in [0.25, 0.3) is 0 Å². The lowest BCUT2D eigenvalue weighted by molar-refractivity contribution is -0.146. The molecule has 0 unspecified atom stereocenters. The van der Waals surface area contributed by atoms with Crippen LogP contribution in [0.5, 0.6) is 0 Å². The molecule has 0 aliphatic heterocycles. The van der Waals surface area contributed by atoms with Gasteiger partial charge in [0.2, 0.25) is 0 Å². The Morgan fingerprint density at radius 2 is 1.93 bits per heavy atom. The van der Waals surface area contributed by atoms with Crippen molar-refractivity contribution in [1.82, 2.24) is 0 Å². The van der Waals surface area contributed by atoms with E-state index in [0.717, 1.165) is 12.5 Å². The van der Waals surface area contributed by atoms with Crippen LogP contribution in [0.15, 0.2) is 12.7 Å². The molecule has 4 heteroatoms. The van der Waals surface area contributed by atoms with Gasteiger partial charge in [-0.15, -0.1) is 0 Å². The van der Waals surface area contributed by atoms with E-state index in [4.69, 9.17) is 4.74 Å². The number of carbonyl (C=O) groups is 2. The Bertz CT molecular complexity index is 243. The molecule has 0 heterocycles. The van der Waals surface area contributed by atoms with Crippen molar-refractivity contribution in [2.24, 2.45) is 0 Å². The van der Waals surface area contributed by atoms with E-state index in [2.05, 4.69) is 11.3 Å². The molecule has 0 aromatic rings. The average molecular weight is 214 g/mol. The van der Waals surface area contributed by atoms with Crippen molar-refractivity contribution in [3.05, 3.63) is 12.7 Å². The molecule has 0 N–H and O–H groups in total. The number of rotatable bonds is 7. The fourth-order valence-corrected chi connectivity index (χ4v) is 0.630. The van der Waals surface area contributed by atoms with Gasteiger partial charge < -0.3 is 9.47 Å². The van der Waals surface area contributed by atoms with Crippen LogP contribution in [0.25, 0.3) is 0 Å². The maximum atomic E-state index is 11.2. The lowest BCUT2D eigenvalue weighted by atomic mass is 10.1. The van der Waals surface area contributed by atoms with Crippen LogP contribution in [0.4, 0.5) is 0 Å². The molecule has 0 radical (unpaired) electrons. The number of ether oxygens (including phenoxy) is 2. The predicted octanol–water partition coefficient (Wildman–Crippen LogP) is 1.49.